The lowest BCUT2D eigenvalue weighted by atomic mass is 10.0. The van der Waals surface area contributed by atoms with Gasteiger partial charge in [-0.3, -0.25) is 4.72 Å². The maximum absolute atomic E-state index is 13.9. The molecule has 0 bridgehead atoms. The highest BCUT2D eigenvalue weighted by Crippen LogP contribution is 2.44. The average Bonchev–Trinajstić information content (AvgIpc) is 3.28. The van der Waals surface area contributed by atoms with Gasteiger partial charge in [0.2, 0.25) is 10.0 Å². The number of fused-ring (bicyclic) bond motifs is 1. The number of aryl methyl sites for hydroxylation is 2. The second-order valence-electron chi connectivity index (χ2n) is 9.77. The number of hydrogen-bond donors (Lipinski definition) is 1. The minimum atomic E-state index is -3.84. The first-order valence-electron chi connectivity index (χ1n) is 12.8. The summed E-state index contributed by atoms with van der Waals surface area (Å²) in [6.07, 6.45) is 0.125. The molecule has 1 saturated heterocycles. The SMILES string of the molecule is COc1cccc(-c2c(C)sc3nc(C)cc(NS(=O)(=O)C4(I)CCN(C(=O)OCc5ccccc5)CC4)c23)c1. The number of aromatic nitrogens is 1. The van der Waals surface area contributed by atoms with Crippen LogP contribution in [0.4, 0.5) is 10.5 Å². The van der Waals surface area contributed by atoms with Crippen molar-refractivity contribution in [2.75, 3.05) is 24.9 Å². The molecule has 0 spiro atoms. The summed E-state index contributed by atoms with van der Waals surface area (Å²) < 4.78 is 40.5. The molecule has 5 rings (SSSR count). The number of amides is 1. The molecule has 1 aliphatic rings. The molecular formula is C29H30IN3O5S2. The number of thiophene rings is 1. The van der Waals surface area contributed by atoms with Crippen LogP contribution in [0.15, 0.2) is 60.7 Å². The summed E-state index contributed by atoms with van der Waals surface area (Å²) in [7, 11) is -2.22. The number of ether oxygens (including phenoxy) is 2. The van der Waals surface area contributed by atoms with E-state index in [4.69, 9.17) is 14.5 Å². The summed E-state index contributed by atoms with van der Waals surface area (Å²) in [5, 5.41) is 0.770. The Labute approximate surface area is 251 Å². The number of nitrogens with zero attached hydrogens (tertiary/aromatic N) is 2. The van der Waals surface area contributed by atoms with Crippen LogP contribution in [0.5, 0.6) is 5.75 Å². The molecule has 0 aliphatic carbocycles. The van der Waals surface area contributed by atoms with Crippen molar-refractivity contribution in [2.24, 2.45) is 0 Å². The molecule has 0 saturated carbocycles. The molecule has 1 amide bonds. The van der Waals surface area contributed by atoms with Crippen LogP contribution in [-0.2, 0) is 21.4 Å². The summed E-state index contributed by atoms with van der Waals surface area (Å²) >= 11 is 3.57. The highest BCUT2D eigenvalue weighted by atomic mass is 127. The van der Waals surface area contributed by atoms with Crippen molar-refractivity contribution in [1.82, 2.24) is 9.88 Å². The predicted molar refractivity (Wildman–Crippen MR) is 168 cm³/mol. The number of hydrogen-bond acceptors (Lipinski definition) is 7. The number of halogens is 1. The van der Waals surface area contributed by atoms with E-state index < -0.39 is 18.9 Å². The van der Waals surface area contributed by atoms with Crippen molar-refractivity contribution in [3.63, 3.8) is 0 Å². The lowest BCUT2D eigenvalue weighted by Gasteiger charge is -2.37. The number of alkyl halides is 1. The summed E-state index contributed by atoms with van der Waals surface area (Å²) in [6.45, 7) is 4.63. The molecule has 210 valence electrons. The summed E-state index contributed by atoms with van der Waals surface area (Å²) in [6, 6.07) is 19.0. The highest BCUT2D eigenvalue weighted by molar-refractivity contribution is 14.1. The molecule has 3 heterocycles. The molecule has 0 atom stereocenters. The third-order valence-electron chi connectivity index (χ3n) is 7.02. The number of rotatable bonds is 7. The quantitative estimate of drug-likeness (QED) is 0.168. The Balaban J connectivity index is 1.37. The number of piperidine rings is 1. The van der Waals surface area contributed by atoms with E-state index in [1.54, 1.807) is 18.1 Å². The fourth-order valence-corrected chi connectivity index (χ4v) is 8.16. The molecule has 4 aromatic rings. The van der Waals surface area contributed by atoms with E-state index >= 15 is 0 Å². The van der Waals surface area contributed by atoms with Gasteiger partial charge in [0.05, 0.1) is 12.8 Å². The van der Waals surface area contributed by atoms with E-state index in [0.29, 0.717) is 5.69 Å². The number of anilines is 1. The molecule has 40 heavy (non-hydrogen) atoms. The lowest BCUT2D eigenvalue weighted by Crippen LogP contribution is -2.49. The van der Waals surface area contributed by atoms with Crippen LogP contribution < -0.4 is 9.46 Å². The van der Waals surface area contributed by atoms with Crippen molar-refractivity contribution in [1.29, 1.82) is 0 Å². The van der Waals surface area contributed by atoms with Crippen molar-refractivity contribution in [2.45, 2.75) is 36.0 Å². The first-order valence-corrected chi connectivity index (χ1v) is 16.2. The van der Waals surface area contributed by atoms with E-state index in [9.17, 15) is 13.2 Å². The van der Waals surface area contributed by atoms with Gasteiger partial charge in [-0.2, -0.15) is 0 Å². The molecule has 1 aliphatic heterocycles. The molecule has 0 unspecified atom stereocenters. The van der Waals surface area contributed by atoms with E-state index in [2.05, 4.69) is 4.72 Å². The second-order valence-corrected chi connectivity index (χ2v) is 15.8. The first-order chi connectivity index (χ1) is 19.1. The summed E-state index contributed by atoms with van der Waals surface area (Å²) in [4.78, 5) is 20.7. The van der Waals surface area contributed by atoms with E-state index in [1.807, 2.05) is 91.0 Å². The molecule has 2 aromatic carbocycles. The molecule has 2 aromatic heterocycles. The fraction of sp³-hybridized carbons (Fsp3) is 0.310. The number of carbonyl (C=O) groups is 1. The zero-order valence-corrected chi connectivity index (χ0v) is 26.2. The van der Waals surface area contributed by atoms with Crippen molar-refractivity contribution >= 4 is 65.9 Å². The normalized spacial score (nSPS) is 15.2. The zero-order valence-electron chi connectivity index (χ0n) is 22.4. The number of carbonyl (C=O) groups excluding carboxylic acids is 1. The maximum Gasteiger partial charge on any atom is 0.410 e. The van der Waals surface area contributed by atoms with Crippen LogP contribution in [-0.4, -0.2) is 47.3 Å². The molecule has 1 fully saturated rings. The van der Waals surface area contributed by atoms with Gasteiger partial charge in [-0.1, -0.05) is 65.1 Å². The molecular weight excluding hydrogens is 661 g/mol. The van der Waals surface area contributed by atoms with E-state index in [0.717, 1.165) is 43.2 Å². The second kappa shape index (κ2) is 11.5. The summed E-state index contributed by atoms with van der Waals surface area (Å²) in [5.41, 5.74) is 4.00. The molecule has 8 nitrogen and oxygen atoms in total. The topological polar surface area (TPSA) is 97.8 Å². The van der Waals surface area contributed by atoms with E-state index in [1.165, 1.54) is 11.3 Å². The predicted octanol–water partition coefficient (Wildman–Crippen LogP) is 6.89. The van der Waals surface area contributed by atoms with Gasteiger partial charge in [0.15, 0.2) is 0 Å². The van der Waals surface area contributed by atoms with Gasteiger partial charge in [0.1, 0.15) is 19.9 Å². The van der Waals surface area contributed by atoms with Crippen molar-refractivity contribution in [3.8, 4) is 16.9 Å². The van der Waals surface area contributed by atoms with Gasteiger partial charge in [0, 0.05) is 34.6 Å². The summed E-state index contributed by atoms with van der Waals surface area (Å²) in [5.74, 6) is 0.721. The van der Waals surface area contributed by atoms with Crippen LogP contribution in [0.3, 0.4) is 0 Å². The smallest absolute Gasteiger partial charge is 0.410 e. The third kappa shape index (κ3) is 5.77. The van der Waals surface area contributed by atoms with Crippen LogP contribution in [0.2, 0.25) is 0 Å². The zero-order chi connectivity index (χ0) is 28.5. The molecule has 0 radical (unpaired) electrons. The van der Waals surface area contributed by atoms with Gasteiger partial charge in [-0.05, 0) is 56.0 Å². The van der Waals surface area contributed by atoms with Crippen LogP contribution in [0.25, 0.3) is 21.3 Å². The Morgan fingerprint density at radius 3 is 2.52 bits per heavy atom. The monoisotopic (exact) mass is 691 g/mol. The minimum Gasteiger partial charge on any atom is -0.497 e. The van der Waals surface area contributed by atoms with Gasteiger partial charge in [-0.15, -0.1) is 11.3 Å². The van der Waals surface area contributed by atoms with Crippen LogP contribution in [0.1, 0.15) is 29.0 Å². The van der Waals surface area contributed by atoms with Crippen LogP contribution in [0, 0.1) is 13.8 Å². The standard InChI is InChI=1S/C29H30IN3O5S2/c1-19-16-24(26-25(20(2)39-27(26)31-19)22-10-7-11-23(17-22)37-3)32-40(35,36)29(30)12-14-33(15-13-29)28(34)38-18-21-8-5-4-6-9-21/h4-11,16-17H,12-15,18H2,1-3H3,(H,31,32). The fourth-order valence-electron chi connectivity index (χ4n) is 4.88. The van der Waals surface area contributed by atoms with Gasteiger partial charge in [-0.25, -0.2) is 18.2 Å². The van der Waals surface area contributed by atoms with Crippen molar-refractivity contribution < 1.29 is 22.7 Å². The molecule has 11 heteroatoms. The number of sulfonamides is 1. The highest BCUT2D eigenvalue weighted by Gasteiger charge is 2.45. The van der Waals surface area contributed by atoms with Gasteiger partial charge in [0.25, 0.3) is 0 Å². The Bertz CT molecular complexity index is 1650. The van der Waals surface area contributed by atoms with Gasteiger partial charge >= 0.3 is 6.09 Å². The lowest BCUT2D eigenvalue weighted by molar-refractivity contribution is 0.0892. The first kappa shape index (κ1) is 28.6. The van der Waals surface area contributed by atoms with Crippen LogP contribution >= 0.6 is 33.9 Å². The number of methoxy groups -OCH3 is 1. The maximum atomic E-state index is 13.9. The number of benzene rings is 2. The van der Waals surface area contributed by atoms with Gasteiger partial charge < -0.3 is 14.4 Å². The number of nitrogens with one attached hydrogen (secondary N) is 1. The minimum absolute atomic E-state index is 0.179. The number of pyridine rings is 1. The average molecular weight is 692 g/mol. The largest absolute Gasteiger partial charge is 0.497 e. The van der Waals surface area contributed by atoms with E-state index in [-0.39, 0.29) is 32.5 Å². The Morgan fingerprint density at radius 2 is 1.82 bits per heavy atom. The Hall–Kier alpha value is -2.90. The Kier molecular flexibility index (Phi) is 8.25. The molecule has 1 N–H and O–H groups in total. The third-order valence-corrected chi connectivity index (χ3v) is 12.7. The van der Waals surface area contributed by atoms with Crippen molar-refractivity contribution in [3.05, 3.63) is 76.8 Å². The number of likely N-dealkylation sites (tertiary alicyclic amines) is 1. The Morgan fingerprint density at radius 1 is 1.10 bits per heavy atom.